The van der Waals surface area contributed by atoms with Crippen LogP contribution in [0.25, 0.3) is 5.53 Å². The smallest absolute Gasteiger partial charge is 0.360 e. The first-order valence-electron chi connectivity index (χ1n) is 4.85. The molecule has 0 aromatic rings. The summed E-state index contributed by atoms with van der Waals surface area (Å²) >= 11 is 0. The van der Waals surface area contributed by atoms with Gasteiger partial charge in [-0.1, -0.05) is 12.2 Å². The third-order valence-electron chi connectivity index (χ3n) is 2.80. The third-order valence-corrected chi connectivity index (χ3v) is 2.80. The molecule has 2 amide bonds. The van der Waals surface area contributed by atoms with Crippen LogP contribution >= 0.6 is 0 Å². The minimum absolute atomic E-state index is 0.277. The van der Waals surface area contributed by atoms with Gasteiger partial charge in [-0.2, -0.15) is 4.79 Å². The van der Waals surface area contributed by atoms with Gasteiger partial charge >= 0.3 is 11.6 Å². The summed E-state index contributed by atoms with van der Waals surface area (Å²) in [5.74, 6) is -2.09. The highest BCUT2D eigenvalue weighted by Crippen LogP contribution is 2.32. The van der Waals surface area contributed by atoms with Crippen LogP contribution in [0.5, 0.6) is 0 Å². The van der Waals surface area contributed by atoms with Crippen LogP contribution in [-0.2, 0) is 14.4 Å². The molecule has 0 aromatic heterocycles. The molecule has 1 aliphatic heterocycles. The van der Waals surface area contributed by atoms with Gasteiger partial charge in [0, 0.05) is 6.92 Å². The zero-order chi connectivity index (χ0) is 11.9. The number of likely N-dealkylation sites (tertiary alicyclic amines) is 1. The number of fused-ring (bicyclic) bond motifs is 2. The van der Waals surface area contributed by atoms with Gasteiger partial charge < -0.3 is 5.53 Å². The molecule has 0 N–H and O–H groups in total. The molecule has 2 atom stereocenters. The summed E-state index contributed by atoms with van der Waals surface area (Å²) < 4.78 is 0. The number of carbonyl (C=O) groups excluding carboxylic acids is 3. The average Bonchev–Trinajstić information content (AvgIpc) is 2.77. The van der Waals surface area contributed by atoms with E-state index < -0.39 is 17.4 Å². The van der Waals surface area contributed by atoms with E-state index in [1.54, 1.807) is 12.2 Å². The summed E-state index contributed by atoms with van der Waals surface area (Å²) in [6.45, 7) is 1.11. The molecule has 82 valence electrons. The Morgan fingerprint density at radius 2 is 2.19 bits per heavy atom. The molecule has 6 nitrogen and oxygen atoms in total. The topological polar surface area (TPSA) is 90.8 Å². The van der Waals surface area contributed by atoms with Crippen molar-refractivity contribution in [2.45, 2.75) is 19.4 Å². The fourth-order valence-corrected chi connectivity index (χ4v) is 2.02. The number of rotatable bonds is 2. The van der Waals surface area contributed by atoms with E-state index in [1.807, 2.05) is 0 Å². The van der Waals surface area contributed by atoms with Crippen LogP contribution in [0.1, 0.15) is 13.3 Å². The molecule has 6 heteroatoms. The number of carbonyl (C=O) groups is 3. The van der Waals surface area contributed by atoms with E-state index in [0.717, 1.165) is 11.8 Å². The number of nitrogens with zero attached hydrogens (tertiary/aromatic N) is 3. The number of hydrogen-bond donors (Lipinski definition) is 0. The summed E-state index contributed by atoms with van der Waals surface area (Å²) in [6, 6.07) is -0.305. The molecule has 2 rings (SSSR count). The quantitative estimate of drug-likeness (QED) is 0.207. The minimum Gasteiger partial charge on any atom is -0.360 e. The predicted octanol–water partition coefficient (Wildman–Crippen LogP) is -0.440. The van der Waals surface area contributed by atoms with Crippen molar-refractivity contribution in [1.29, 1.82) is 0 Å². The van der Waals surface area contributed by atoms with Gasteiger partial charge in [0.1, 0.15) is 0 Å². The van der Waals surface area contributed by atoms with Crippen LogP contribution < -0.4 is 0 Å². The van der Waals surface area contributed by atoms with Crippen molar-refractivity contribution < 1.29 is 19.2 Å². The zero-order valence-electron chi connectivity index (χ0n) is 8.58. The van der Waals surface area contributed by atoms with E-state index in [0.29, 0.717) is 6.42 Å². The average molecular weight is 219 g/mol. The van der Waals surface area contributed by atoms with Crippen molar-refractivity contribution in [1.82, 2.24) is 4.90 Å². The van der Waals surface area contributed by atoms with Crippen LogP contribution in [0.2, 0.25) is 0 Å². The Kier molecular flexibility index (Phi) is 2.29. The molecule has 0 spiro atoms. The highest BCUT2D eigenvalue weighted by Gasteiger charge is 2.48. The summed E-state index contributed by atoms with van der Waals surface area (Å²) in [4.78, 5) is 38.1. The van der Waals surface area contributed by atoms with Gasteiger partial charge in [0.25, 0.3) is 0 Å². The van der Waals surface area contributed by atoms with Crippen molar-refractivity contribution in [3.63, 3.8) is 0 Å². The summed E-state index contributed by atoms with van der Waals surface area (Å²) in [5.41, 5.74) is 7.97. The van der Waals surface area contributed by atoms with Gasteiger partial charge in [0.15, 0.2) is 0 Å². The molecule has 0 radical (unpaired) electrons. The number of amides is 2. The Morgan fingerprint density at radius 1 is 1.50 bits per heavy atom. The molecule has 0 aromatic carbocycles. The standard InChI is InChI=1S/C10H9N3O3/c1-5(14)8(12-11)10(16)13-7-3-2-6(4-7)9(13)15/h2-3,6-7H,4H2,1H3. The van der Waals surface area contributed by atoms with Crippen LogP contribution in [0, 0.1) is 5.92 Å². The van der Waals surface area contributed by atoms with Crippen molar-refractivity contribution >= 4 is 23.3 Å². The van der Waals surface area contributed by atoms with Crippen molar-refractivity contribution in [2.24, 2.45) is 5.92 Å². The Bertz CT molecular complexity index is 474. The Labute approximate surface area is 91.1 Å². The highest BCUT2D eigenvalue weighted by atomic mass is 16.2. The Hall–Kier alpha value is -2.07. The van der Waals surface area contributed by atoms with E-state index in [-0.39, 0.29) is 17.9 Å². The van der Waals surface area contributed by atoms with E-state index >= 15 is 0 Å². The molecule has 2 aliphatic rings. The first-order chi connectivity index (χ1) is 7.56. The Balaban J connectivity index is 2.31. The molecule has 2 bridgehead atoms. The largest absolute Gasteiger partial charge is 0.421 e. The minimum atomic E-state index is -0.822. The molecule has 1 aliphatic carbocycles. The number of imide groups is 1. The molecule has 0 saturated carbocycles. The van der Waals surface area contributed by atoms with Crippen LogP contribution in [-0.4, -0.2) is 39.0 Å². The second-order valence-electron chi connectivity index (χ2n) is 3.81. The second kappa shape index (κ2) is 3.50. The van der Waals surface area contributed by atoms with Crippen LogP contribution in [0.15, 0.2) is 12.2 Å². The molecule has 1 fully saturated rings. The highest BCUT2D eigenvalue weighted by molar-refractivity contribution is 6.64. The maximum Gasteiger partial charge on any atom is 0.421 e. The summed E-state index contributed by atoms with van der Waals surface area (Å²) in [5, 5.41) is 0. The van der Waals surface area contributed by atoms with E-state index in [9.17, 15) is 14.4 Å². The molecule has 1 heterocycles. The van der Waals surface area contributed by atoms with Gasteiger partial charge in [-0.15, -0.1) is 0 Å². The van der Waals surface area contributed by atoms with Gasteiger partial charge in [-0.3, -0.25) is 19.3 Å². The lowest BCUT2D eigenvalue weighted by atomic mass is 10.1. The van der Waals surface area contributed by atoms with E-state index in [1.165, 1.54) is 0 Å². The fourth-order valence-electron chi connectivity index (χ4n) is 2.02. The predicted molar refractivity (Wildman–Crippen MR) is 52.2 cm³/mol. The van der Waals surface area contributed by atoms with Crippen LogP contribution in [0.3, 0.4) is 0 Å². The first kappa shape index (κ1) is 10.4. The number of Topliss-reactive ketones (excluding diaryl/α,β-unsaturated/α-hetero) is 1. The van der Waals surface area contributed by atoms with Gasteiger partial charge in [-0.05, 0) is 6.42 Å². The molecule has 16 heavy (non-hydrogen) atoms. The van der Waals surface area contributed by atoms with E-state index in [4.69, 9.17) is 5.53 Å². The van der Waals surface area contributed by atoms with Crippen molar-refractivity contribution in [2.75, 3.05) is 0 Å². The lowest BCUT2D eigenvalue weighted by Gasteiger charge is -2.19. The van der Waals surface area contributed by atoms with Gasteiger partial charge in [0.2, 0.25) is 11.7 Å². The van der Waals surface area contributed by atoms with Gasteiger partial charge in [0.05, 0.1) is 12.0 Å². The molecule has 2 unspecified atom stereocenters. The fraction of sp³-hybridized carbons (Fsp3) is 0.400. The lowest BCUT2D eigenvalue weighted by Crippen LogP contribution is -2.46. The maximum absolute atomic E-state index is 11.8. The number of ketones is 1. The zero-order valence-corrected chi connectivity index (χ0v) is 8.58. The van der Waals surface area contributed by atoms with Crippen LogP contribution in [0.4, 0.5) is 0 Å². The van der Waals surface area contributed by atoms with Crippen molar-refractivity contribution in [3.8, 4) is 0 Å². The van der Waals surface area contributed by atoms with E-state index in [2.05, 4.69) is 4.79 Å². The normalized spacial score (nSPS) is 25.8. The van der Waals surface area contributed by atoms with Crippen molar-refractivity contribution in [3.05, 3.63) is 17.7 Å². The third kappa shape index (κ3) is 1.31. The van der Waals surface area contributed by atoms with Gasteiger partial charge in [-0.25, -0.2) is 0 Å². The first-order valence-corrected chi connectivity index (χ1v) is 4.85. The monoisotopic (exact) mass is 219 g/mol. The molecular weight excluding hydrogens is 210 g/mol. The summed E-state index contributed by atoms with van der Waals surface area (Å²) in [6.07, 6.45) is 4.06. The SMILES string of the molecule is CC(=O)C(=[N+]=[N-])C(=O)N1C(=O)C2C=CC1C2. The molecular formula is C10H9N3O3. The summed E-state index contributed by atoms with van der Waals surface area (Å²) in [7, 11) is 0. The Morgan fingerprint density at radius 3 is 2.62 bits per heavy atom. The molecule has 1 saturated heterocycles. The maximum atomic E-state index is 11.8. The number of hydrogen-bond acceptors (Lipinski definition) is 3. The second-order valence-corrected chi connectivity index (χ2v) is 3.81. The lowest BCUT2D eigenvalue weighted by molar-refractivity contribution is -0.143.